The maximum absolute atomic E-state index is 5.58. The largest absolute Gasteiger partial charge is 0.397 e. The van der Waals surface area contributed by atoms with Gasteiger partial charge >= 0.3 is 0 Å². The number of rotatable bonds is 5. The minimum Gasteiger partial charge on any atom is -0.397 e. The predicted octanol–water partition coefficient (Wildman–Crippen LogP) is 3.55. The van der Waals surface area contributed by atoms with E-state index in [0.29, 0.717) is 5.69 Å². The van der Waals surface area contributed by atoms with Gasteiger partial charge in [-0.25, -0.2) is 4.98 Å². The van der Waals surface area contributed by atoms with Gasteiger partial charge in [0, 0.05) is 16.4 Å². The quantitative estimate of drug-likeness (QED) is 0.660. The van der Waals surface area contributed by atoms with Gasteiger partial charge in [-0.1, -0.05) is 18.2 Å². The summed E-state index contributed by atoms with van der Waals surface area (Å²) in [5, 5.41) is 1.04. The van der Waals surface area contributed by atoms with Crippen LogP contribution in [0.2, 0.25) is 0 Å². The van der Waals surface area contributed by atoms with Crippen LogP contribution in [0.25, 0.3) is 0 Å². The van der Waals surface area contributed by atoms with Gasteiger partial charge in [-0.15, -0.1) is 23.5 Å². The fourth-order valence-electron chi connectivity index (χ4n) is 1.30. The highest BCUT2D eigenvalue weighted by atomic mass is 32.2. The first-order chi connectivity index (χ1) is 8.34. The Bertz CT molecular complexity index is 443. The molecule has 4 heteroatoms. The lowest BCUT2D eigenvalue weighted by molar-refractivity contribution is 1.14. The van der Waals surface area contributed by atoms with Crippen molar-refractivity contribution < 1.29 is 0 Å². The highest BCUT2D eigenvalue weighted by molar-refractivity contribution is 8.02. The van der Waals surface area contributed by atoms with E-state index >= 15 is 0 Å². The van der Waals surface area contributed by atoms with Gasteiger partial charge in [0.2, 0.25) is 0 Å². The highest BCUT2D eigenvalue weighted by Gasteiger charge is 1.96. The van der Waals surface area contributed by atoms with E-state index in [1.54, 1.807) is 18.0 Å². The molecule has 0 aliphatic heterocycles. The van der Waals surface area contributed by atoms with Gasteiger partial charge in [0.15, 0.2) is 0 Å². The number of hydrogen-bond donors (Lipinski definition) is 1. The molecule has 2 nitrogen and oxygen atoms in total. The topological polar surface area (TPSA) is 38.9 Å². The maximum atomic E-state index is 5.58. The van der Waals surface area contributed by atoms with Crippen LogP contribution in [0.4, 0.5) is 5.69 Å². The molecule has 2 rings (SSSR count). The van der Waals surface area contributed by atoms with E-state index in [9.17, 15) is 0 Å². The van der Waals surface area contributed by atoms with Crippen molar-refractivity contribution in [2.45, 2.75) is 9.92 Å². The molecule has 0 radical (unpaired) electrons. The van der Waals surface area contributed by atoms with E-state index < -0.39 is 0 Å². The van der Waals surface area contributed by atoms with Gasteiger partial charge in [0.05, 0.1) is 16.9 Å². The molecule has 0 unspecified atom stereocenters. The van der Waals surface area contributed by atoms with Crippen molar-refractivity contribution in [3.8, 4) is 0 Å². The molecule has 2 aromatic rings. The fourth-order valence-corrected chi connectivity index (χ4v) is 3.05. The number of benzene rings is 1. The second-order valence-electron chi connectivity index (χ2n) is 3.44. The third-order valence-corrected chi connectivity index (χ3v) is 4.32. The van der Waals surface area contributed by atoms with Gasteiger partial charge < -0.3 is 5.73 Å². The summed E-state index contributed by atoms with van der Waals surface area (Å²) in [6, 6.07) is 14.3. The van der Waals surface area contributed by atoms with Crippen LogP contribution in [0.3, 0.4) is 0 Å². The Kier molecular flexibility index (Phi) is 4.76. The van der Waals surface area contributed by atoms with Crippen LogP contribution in [0.5, 0.6) is 0 Å². The molecule has 1 aromatic carbocycles. The molecule has 17 heavy (non-hydrogen) atoms. The molecule has 0 saturated carbocycles. The maximum Gasteiger partial charge on any atom is 0.0961 e. The second-order valence-corrected chi connectivity index (χ2v) is 5.72. The monoisotopic (exact) mass is 262 g/mol. The van der Waals surface area contributed by atoms with Gasteiger partial charge in [-0.2, -0.15) is 0 Å². The van der Waals surface area contributed by atoms with E-state index in [4.69, 9.17) is 5.73 Å². The minimum absolute atomic E-state index is 0.716. The van der Waals surface area contributed by atoms with Gasteiger partial charge in [-0.05, 0) is 24.3 Å². The number of nitrogens with zero attached hydrogens (tertiary/aromatic N) is 1. The molecule has 1 heterocycles. The Hall–Kier alpha value is -1.13. The fraction of sp³-hybridized carbons (Fsp3) is 0.154. The van der Waals surface area contributed by atoms with Crippen LogP contribution >= 0.6 is 23.5 Å². The second kappa shape index (κ2) is 6.57. The average molecular weight is 262 g/mol. The summed E-state index contributed by atoms with van der Waals surface area (Å²) < 4.78 is 0. The Morgan fingerprint density at radius 3 is 2.41 bits per heavy atom. The van der Waals surface area contributed by atoms with Crippen LogP contribution in [0.1, 0.15) is 0 Å². The van der Waals surface area contributed by atoms with E-state index in [1.807, 2.05) is 30.0 Å². The Morgan fingerprint density at radius 2 is 1.71 bits per heavy atom. The smallest absolute Gasteiger partial charge is 0.0961 e. The first-order valence-corrected chi connectivity index (χ1v) is 7.34. The lowest BCUT2D eigenvalue weighted by Gasteiger charge is -2.02. The molecule has 2 N–H and O–H groups in total. The number of nitrogens with two attached hydrogens (primary N) is 1. The van der Waals surface area contributed by atoms with Crippen molar-refractivity contribution in [2.24, 2.45) is 0 Å². The molecule has 0 bridgehead atoms. The summed E-state index contributed by atoms with van der Waals surface area (Å²) >= 11 is 3.63. The molecule has 0 atom stereocenters. The van der Waals surface area contributed by atoms with Crippen molar-refractivity contribution in [2.75, 3.05) is 17.2 Å². The number of anilines is 1. The van der Waals surface area contributed by atoms with E-state index in [-0.39, 0.29) is 0 Å². The summed E-state index contributed by atoms with van der Waals surface area (Å²) in [7, 11) is 0. The molecule has 0 fully saturated rings. The lowest BCUT2D eigenvalue weighted by atomic mass is 10.4. The molecule has 0 aliphatic carbocycles. The van der Waals surface area contributed by atoms with Gasteiger partial charge in [-0.3, -0.25) is 0 Å². The Balaban J connectivity index is 1.71. The van der Waals surface area contributed by atoms with Crippen LogP contribution in [0.15, 0.2) is 58.6 Å². The molecular weight excluding hydrogens is 248 g/mol. The van der Waals surface area contributed by atoms with Crippen molar-refractivity contribution in [3.63, 3.8) is 0 Å². The van der Waals surface area contributed by atoms with Crippen LogP contribution in [-0.2, 0) is 0 Å². The number of nitrogen functional groups attached to an aromatic ring is 1. The van der Waals surface area contributed by atoms with Crippen molar-refractivity contribution in [1.82, 2.24) is 4.98 Å². The Labute approximate surface area is 110 Å². The molecule has 0 saturated heterocycles. The van der Waals surface area contributed by atoms with E-state index in [0.717, 1.165) is 16.5 Å². The van der Waals surface area contributed by atoms with Crippen molar-refractivity contribution >= 4 is 29.2 Å². The molecule has 0 spiro atoms. The summed E-state index contributed by atoms with van der Waals surface area (Å²) in [5.41, 5.74) is 6.30. The zero-order valence-electron chi connectivity index (χ0n) is 9.37. The van der Waals surface area contributed by atoms with E-state index in [2.05, 4.69) is 29.2 Å². The van der Waals surface area contributed by atoms with Crippen LogP contribution in [-0.4, -0.2) is 16.5 Å². The molecular formula is C13H14N2S2. The van der Waals surface area contributed by atoms with Crippen molar-refractivity contribution in [3.05, 3.63) is 48.7 Å². The third-order valence-electron chi connectivity index (χ3n) is 2.10. The SMILES string of the molecule is Nc1ccc(SCCSc2ccccc2)nc1. The average Bonchev–Trinajstić information content (AvgIpc) is 2.38. The summed E-state index contributed by atoms with van der Waals surface area (Å²) in [6.45, 7) is 0. The molecule has 0 amide bonds. The zero-order valence-corrected chi connectivity index (χ0v) is 11.0. The van der Waals surface area contributed by atoms with Crippen LogP contribution in [0, 0.1) is 0 Å². The molecule has 1 aromatic heterocycles. The minimum atomic E-state index is 0.716. The van der Waals surface area contributed by atoms with Gasteiger partial charge in [0.1, 0.15) is 0 Å². The lowest BCUT2D eigenvalue weighted by Crippen LogP contribution is -1.89. The number of pyridine rings is 1. The summed E-state index contributed by atoms with van der Waals surface area (Å²) in [5.74, 6) is 2.14. The zero-order chi connectivity index (χ0) is 11.9. The summed E-state index contributed by atoms with van der Waals surface area (Å²) in [6.07, 6.45) is 1.70. The number of aromatic nitrogens is 1. The number of hydrogen-bond acceptors (Lipinski definition) is 4. The predicted molar refractivity (Wildman–Crippen MR) is 76.5 cm³/mol. The molecule has 88 valence electrons. The van der Waals surface area contributed by atoms with Crippen LogP contribution < -0.4 is 5.73 Å². The standard InChI is InChI=1S/C13H14N2S2/c14-11-6-7-13(15-10-11)17-9-8-16-12-4-2-1-3-5-12/h1-7,10H,8-9,14H2. The Morgan fingerprint density at radius 1 is 0.941 bits per heavy atom. The number of thioether (sulfide) groups is 2. The van der Waals surface area contributed by atoms with E-state index in [1.165, 1.54) is 4.90 Å². The third kappa shape index (κ3) is 4.32. The summed E-state index contributed by atoms with van der Waals surface area (Å²) in [4.78, 5) is 5.57. The first kappa shape index (κ1) is 12.3. The normalized spacial score (nSPS) is 10.4. The highest BCUT2D eigenvalue weighted by Crippen LogP contribution is 2.21. The molecule has 0 aliphatic rings. The first-order valence-electron chi connectivity index (χ1n) is 5.37. The van der Waals surface area contributed by atoms with Gasteiger partial charge in [0.25, 0.3) is 0 Å². The van der Waals surface area contributed by atoms with Crippen molar-refractivity contribution in [1.29, 1.82) is 0 Å².